The maximum absolute atomic E-state index is 5.78. The van der Waals surface area contributed by atoms with Gasteiger partial charge < -0.3 is 5.32 Å². The van der Waals surface area contributed by atoms with Gasteiger partial charge in [0, 0.05) is 0 Å². The molecule has 0 aromatic carbocycles. The van der Waals surface area contributed by atoms with Gasteiger partial charge in [-0.1, -0.05) is 13.8 Å². The Balaban J connectivity index is 3.58. The summed E-state index contributed by atoms with van der Waals surface area (Å²) in [5, 5.41) is 3.06. The van der Waals surface area contributed by atoms with Crippen LogP contribution in [0.2, 0.25) is 0 Å². The van der Waals surface area contributed by atoms with Gasteiger partial charge in [-0.3, -0.25) is 0 Å². The predicted molar refractivity (Wildman–Crippen MR) is 38.1 cm³/mol. The van der Waals surface area contributed by atoms with Gasteiger partial charge in [-0.15, -0.1) is 0 Å². The third-order valence-corrected chi connectivity index (χ3v) is 1.76. The zero-order valence-electron chi connectivity index (χ0n) is 5.99. The van der Waals surface area contributed by atoms with Gasteiger partial charge in [0.15, 0.2) is 0 Å². The van der Waals surface area contributed by atoms with Gasteiger partial charge in [-0.05, 0) is 25.3 Å². The highest BCUT2D eigenvalue weighted by molar-refractivity contribution is 6.15. The molecule has 0 aromatic rings. The van der Waals surface area contributed by atoms with Gasteiger partial charge in [0.2, 0.25) is 0 Å². The minimum atomic E-state index is -0.125. The molecule has 0 heterocycles. The molecule has 0 atom stereocenters. The zero-order chi connectivity index (χ0) is 6.62. The second-order valence-electron chi connectivity index (χ2n) is 2.11. The monoisotopic (exact) mass is 111 g/mol. The molecular formula is C6H14BN. The molecule has 0 aromatic heterocycles. The van der Waals surface area contributed by atoms with Gasteiger partial charge in [-0.25, -0.2) is 0 Å². The summed E-state index contributed by atoms with van der Waals surface area (Å²) >= 11 is 0. The molecule has 2 heteroatoms. The highest BCUT2D eigenvalue weighted by atomic mass is 14.9. The minimum Gasteiger partial charge on any atom is -0.323 e. The smallest absolute Gasteiger partial charge is 0.0953 e. The van der Waals surface area contributed by atoms with Crippen LogP contribution in [0, 0.1) is 0 Å². The fourth-order valence-corrected chi connectivity index (χ4v) is 0.604. The molecule has 1 nitrogen and oxygen atoms in total. The lowest BCUT2D eigenvalue weighted by molar-refractivity contribution is 0.465. The quantitative estimate of drug-likeness (QED) is 0.533. The summed E-state index contributed by atoms with van der Waals surface area (Å²) in [6.07, 6.45) is 1.97. The molecule has 46 valence electrons. The lowest BCUT2D eigenvalue weighted by Crippen LogP contribution is -2.41. The lowest BCUT2D eigenvalue weighted by atomic mass is 9.74. The van der Waals surface area contributed by atoms with Crippen LogP contribution < -0.4 is 5.32 Å². The molecule has 0 aliphatic rings. The molecule has 1 N–H and O–H groups in total. The van der Waals surface area contributed by atoms with Crippen molar-refractivity contribution in [1.29, 1.82) is 0 Å². The summed E-state index contributed by atoms with van der Waals surface area (Å²) in [5.74, 6) is 0. The molecule has 0 rings (SSSR count). The van der Waals surface area contributed by atoms with E-state index in [1.807, 2.05) is 7.05 Å². The summed E-state index contributed by atoms with van der Waals surface area (Å²) in [6.45, 7) is 4.17. The highest BCUT2D eigenvalue weighted by Crippen LogP contribution is 2.07. The Morgan fingerprint density at radius 3 is 1.75 bits per heavy atom. The zero-order valence-corrected chi connectivity index (χ0v) is 5.99. The molecular weight excluding hydrogens is 96.9 g/mol. The highest BCUT2D eigenvalue weighted by Gasteiger charge is 2.14. The Morgan fingerprint density at radius 1 is 1.38 bits per heavy atom. The summed E-state index contributed by atoms with van der Waals surface area (Å²) in [7, 11) is 7.68. The van der Waals surface area contributed by atoms with E-state index in [9.17, 15) is 0 Å². The van der Waals surface area contributed by atoms with Crippen LogP contribution in [0.5, 0.6) is 0 Å². The maximum Gasteiger partial charge on any atom is 0.0953 e. The third kappa shape index (κ3) is 1.87. The average molecular weight is 111 g/mol. The van der Waals surface area contributed by atoms with E-state index < -0.39 is 0 Å². The molecule has 0 unspecified atom stereocenters. The van der Waals surface area contributed by atoms with Crippen molar-refractivity contribution >= 4 is 7.85 Å². The summed E-state index contributed by atoms with van der Waals surface area (Å²) in [6, 6.07) is 0. The molecule has 0 amide bonds. The van der Waals surface area contributed by atoms with Gasteiger partial charge in [0.1, 0.15) is 0 Å². The summed E-state index contributed by atoms with van der Waals surface area (Å²) < 4.78 is 0. The molecule has 0 fully saturated rings. The van der Waals surface area contributed by atoms with Gasteiger partial charge >= 0.3 is 0 Å². The Bertz CT molecular complexity index is 51.3. The number of hydrogen-bond donors (Lipinski definition) is 1. The van der Waals surface area contributed by atoms with E-state index in [4.69, 9.17) is 7.85 Å². The molecule has 0 bridgehead atoms. The third-order valence-electron chi connectivity index (χ3n) is 1.76. The van der Waals surface area contributed by atoms with Crippen molar-refractivity contribution < 1.29 is 0 Å². The van der Waals surface area contributed by atoms with Crippen molar-refractivity contribution in [2.45, 2.75) is 32.1 Å². The van der Waals surface area contributed by atoms with Crippen LogP contribution in [0.15, 0.2) is 0 Å². The van der Waals surface area contributed by atoms with Crippen LogP contribution >= 0.6 is 0 Å². The van der Waals surface area contributed by atoms with E-state index in [0.717, 1.165) is 12.8 Å². The maximum atomic E-state index is 5.78. The van der Waals surface area contributed by atoms with Crippen molar-refractivity contribution in [1.82, 2.24) is 5.32 Å². The van der Waals surface area contributed by atoms with Crippen LogP contribution in [0.4, 0.5) is 0 Å². The van der Waals surface area contributed by atoms with Crippen molar-refractivity contribution in [2.24, 2.45) is 0 Å². The van der Waals surface area contributed by atoms with Crippen LogP contribution in [-0.2, 0) is 0 Å². The van der Waals surface area contributed by atoms with E-state index in [1.165, 1.54) is 0 Å². The summed E-state index contributed by atoms with van der Waals surface area (Å²) in [4.78, 5) is 0. The lowest BCUT2D eigenvalue weighted by Gasteiger charge is -2.26. The van der Waals surface area contributed by atoms with E-state index >= 15 is 0 Å². The first kappa shape index (κ1) is 8.02. The van der Waals surface area contributed by atoms with E-state index in [1.54, 1.807) is 0 Å². The normalized spacial score (nSPS) is 11.9. The van der Waals surface area contributed by atoms with Gasteiger partial charge in [-0.2, -0.15) is 0 Å². The number of rotatable bonds is 3. The van der Waals surface area contributed by atoms with E-state index in [0.29, 0.717) is 0 Å². The predicted octanol–water partition coefficient (Wildman–Crippen LogP) is 0.891. The Morgan fingerprint density at radius 2 is 1.75 bits per heavy atom. The SMILES string of the molecule is [B]C(CC)(CC)NC. The molecule has 0 aliphatic carbocycles. The van der Waals surface area contributed by atoms with Crippen LogP contribution in [0.1, 0.15) is 26.7 Å². The van der Waals surface area contributed by atoms with Gasteiger partial charge in [0.05, 0.1) is 7.85 Å². The first-order valence-electron chi connectivity index (χ1n) is 3.16. The molecule has 0 aliphatic heterocycles. The molecule has 2 radical (unpaired) electrons. The topological polar surface area (TPSA) is 12.0 Å². The van der Waals surface area contributed by atoms with Gasteiger partial charge in [0.25, 0.3) is 0 Å². The van der Waals surface area contributed by atoms with Crippen molar-refractivity contribution in [3.05, 3.63) is 0 Å². The Hall–Kier alpha value is 0.0249. The van der Waals surface area contributed by atoms with Crippen LogP contribution in [0.3, 0.4) is 0 Å². The first-order chi connectivity index (χ1) is 3.68. The van der Waals surface area contributed by atoms with Crippen molar-refractivity contribution in [3.63, 3.8) is 0 Å². The minimum absolute atomic E-state index is 0.125. The van der Waals surface area contributed by atoms with Crippen LogP contribution in [0.25, 0.3) is 0 Å². The Kier molecular flexibility index (Phi) is 3.14. The van der Waals surface area contributed by atoms with E-state index in [-0.39, 0.29) is 5.44 Å². The standard InChI is InChI=1S/C6H14BN/c1-4-6(7,5-2)8-3/h8H,4-5H2,1-3H3. The molecule has 0 saturated heterocycles. The first-order valence-corrected chi connectivity index (χ1v) is 3.16. The fourth-order valence-electron chi connectivity index (χ4n) is 0.604. The number of hydrogen-bond acceptors (Lipinski definition) is 1. The summed E-state index contributed by atoms with van der Waals surface area (Å²) in [5.41, 5.74) is -0.125. The second-order valence-corrected chi connectivity index (χ2v) is 2.11. The molecule has 8 heavy (non-hydrogen) atoms. The molecule has 0 saturated carbocycles. The van der Waals surface area contributed by atoms with E-state index in [2.05, 4.69) is 19.2 Å². The largest absolute Gasteiger partial charge is 0.323 e. The van der Waals surface area contributed by atoms with Crippen LogP contribution in [-0.4, -0.2) is 20.3 Å². The molecule has 0 spiro atoms. The Labute approximate surface area is 53.3 Å². The fraction of sp³-hybridized carbons (Fsp3) is 1.00. The van der Waals surface area contributed by atoms with Crippen molar-refractivity contribution in [3.8, 4) is 0 Å². The number of nitrogens with one attached hydrogen (secondary N) is 1. The van der Waals surface area contributed by atoms with Crippen molar-refractivity contribution in [2.75, 3.05) is 7.05 Å². The second kappa shape index (κ2) is 3.13. The average Bonchev–Trinajstić information content (AvgIpc) is 1.87.